The third-order valence-corrected chi connectivity index (χ3v) is 3.24. The third kappa shape index (κ3) is 18.6. The van der Waals surface area contributed by atoms with Crippen LogP contribution in [-0.4, -0.2) is 36.9 Å². The van der Waals surface area contributed by atoms with E-state index in [1.165, 1.54) is 12.8 Å². The largest absolute Gasteiger partial charge is 0.462 e. The van der Waals surface area contributed by atoms with E-state index in [1.807, 2.05) is 0 Å². The van der Waals surface area contributed by atoms with Gasteiger partial charge in [-0.15, -0.1) is 0 Å². The second kappa shape index (κ2) is 18.7. The Balaban J connectivity index is 0. The lowest BCUT2D eigenvalue weighted by Gasteiger charge is -2.06. The molecule has 5 heteroatoms. The summed E-state index contributed by atoms with van der Waals surface area (Å²) in [5.41, 5.74) is 0.927. The summed E-state index contributed by atoms with van der Waals surface area (Å²) in [5, 5.41) is 8.58. The molecule has 0 spiro atoms. The zero-order chi connectivity index (χ0) is 19.5. The summed E-state index contributed by atoms with van der Waals surface area (Å²) in [6.07, 6.45) is 7.45. The molecule has 0 heterocycles. The number of aliphatic hydroxyl groups excluding tert-OH is 1. The average molecular weight is 357 g/mol. The van der Waals surface area contributed by atoms with Gasteiger partial charge in [0.2, 0.25) is 0 Å². The first-order chi connectivity index (χ1) is 11.9. The molecule has 0 unspecified atom stereocenters. The molecular formula is C20H36O5. The van der Waals surface area contributed by atoms with E-state index in [1.54, 1.807) is 6.92 Å². The van der Waals surface area contributed by atoms with Crippen LogP contribution in [0.15, 0.2) is 24.3 Å². The molecule has 0 bridgehead atoms. The van der Waals surface area contributed by atoms with Crippen molar-refractivity contribution in [1.82, 2.24) is 0 Å². The summed E-state index contributed by atoms with van der Waals surface area (Å²) in [6, 6.07) is 0. The van der Waals surface area contributed by atoms with Gasteiger partial charge in [0, 0.05) is 17.8 Å². The highest BCUT2D eigenvalue weighted by atomic mass is 16.5. The summed E-state index contributed by atoms with van der Waals surface area (Å²) in [4.78, 5) is 22.0. The van der Waals surface area contributed by atoms with Gasteiger partial charge in [0.15, 0.2) is 0 Å². The Kier molecular flexibility index (Phi) is 19.2. The first kappa shape index (κ1) is 25.6. The van der Waals surface area contributed by atoms with E-state index in [0.29, 0.717) is 37.2 Å². The van der Waals surface area contributed by atoms with Crippen LogP contribution in [0, 0.1) is 0 Å². The van der Waals surface area contributed by atoms with Gasteiger partial charge >= 0.3 is 11.9 Å². The molecule has 1 N–H and O–H groups in total. The van der Waals surface area contributed by atoms with Crippen molar-refractivity contribution in [3.8, 4) is 0 Å². The highest BCUT2D eigenvalue weighted by molar-refractivity contribution is 5.87. The number of ether oxygens (including phenoxy) is 2. The fourth-order valence-corrected chi connectivity index (χ4v) is 1.62. The minimum absolute atomic E-state index is 0.0861. The number of carbonyl (C=O) groups is 2. The first-order valence-corrected chi connectivity index (χ1v) is 9.18. The molecule has 0 saturated carbocycles. The van der Waals surface area contributed by atoms with Crippen molar-refractivity contribution >= 4 is 11.9 Å². The van der Waals surface area contributed by atoms with Crippen molar-refractivity contribution in [3.63, 3.8) is 0 Å². The van der Waals surface area contributed by atoms with Crippen molar-refractivity contribution in [2.24, 2.45) is 0 Å². The van der Waals surface area contributed by atoms with Crippen LogP contribution < -0.4 is 0 Å². The number of carbonyl (C=O) groups excluding carboxylic acids is 2. The first-order valence-electron chi connectivity index (χ1n) is 9.18. The Morgan fingerprint density at radius 2 is 1.40 bits per heavy atom. The zero-order valence-corrected chi connectivity index (χ0v) is 16.3. The van der Waals surface area contributed by atoms with Crippen LogP contribution in [0.25, 0.3) is 0 Å². The van der Waals surface area contributed by atoms with Crippen LogP contribution >= 0.6 is 0 Å². The molecule has 0 amide bonds. The van der Waals surface area contributed by atoms with Gasteiger partial charge < -0.3 is 14.6 Å². The Hall–Kier alpha value is -1.62. The monoisotopic (exact) mass is 356 g/mol. The molecule has 0 aromatic heterocycles. The van der Waals surface area contributed by atoms with Gasteiger partial charge in [-0.1, -0.05) is 52.7 Å². The van der Waals surface area contributed by atoms with Crippen molar-refractivity contribution in [1.29, 1.82) is 0 Å². The lowest BCUT2D eigenvalue weighted by molar-refractivity contribution is -0.140. The molecule has 5 nitrogen and oxygen atoms in total. The molecule has 0 atom stereocenters. The molecule has 0 aliphatic heterocycles. The third-order valence-electron chi connectivity index (χ3n) is 3.24. The Labute approximate surface area is 153 Å². The highest BCUT2D eigenvalue weighted by Crippen LogP contribution is 2.05. The Morgan fingerprint density at radius 1 is 0.840 bits per heavy atom. The summed E-state index contributed by atoms with van der Waals surface area (Å²) >= 11 is 0. The minimum Gasteiger partial charge on any atom is -0.462 e. The predicted octanol–water partition coefficient (Wildman–Crippen LogP) is 4.34. The maximum absolute atomic E-state index is 11.3. The number of hydrogen-bond donors (Lipinski definition) is 1. The number of esters is 2. The van der Waals surface area contributed by atoms with E-state index >= 15 is 0 Å². The maximum atomic E-state index is 11.3. The molecule has 0 saturated heterocycles. The molecule has 0 aromatic rings. The lowest BCUT2D eigenvalue weighted by atomic mass is 10.2. The van der Waals surface area contributed by atoms with Gasteiger partial charge in [-0.3, -0.25) is 0 Å². The van der Waals surface area contributed by atoms with Gasteiger partial charge in [0.1, 0.15) is 0 Å². The maximum Gasteiger partial charge on any atom is 0.333 e. The molecule has 0 fully saturated rings. The molecular weight excluding hydrogens is 320 g/mol. The normalized spacial score (nSPS) is 9.60. The standard InChI is InChI=1S/C12H22O3.C8H14O2/c1-3-4-5-6-10-15-12(14)11(2)8-7-9-13;1-4-5-6-10-8(9)7(2)3/h13H,2-10H2,1H3;2,4-6H2,1,3H3. The van der Waals surface area contributed by atoms with Crippen LogP contribution in [-0.2, 0) is 19.1 Å². The molecule has 0 radical (unpaired) electrons. The van der Waals surface area contributed by atoms with E-state index in [9.17, 15) is 9.59 Å². The van der Waals surface area contributed by atoms with Gasteiger partial charge in [0.05, 0.1) is 13.2 Å². The lowest BCUT2D eigenvalue weighted by Crippen LogP contribution is -2.08. The number of hydrogen-bond acceptors (Lipinski definition) is 5. The Bertz CT molecular complexity index is 388. The smallest absolute Gasteiger partial charge is 0.333 e. The fourth-order valence-electron chi connectivity index (χ4n) is 1.62. The molecule has 0 aromatic carbocycles. The molecule has 0 rings (SSSR count). The van der Waals surface area contributed by atoms with Crippen LogP contribution in [0.4, 0.5) is 0 Å². The molecule has 146 valence electrons. The average Bonchev–Trinajstić information content (AvgIpc) is 2.59. The summed E-state index contributed by atoms with van der Waals surface area (Å²) in [6.45, 7) is 14.0. The van der Waals surface area contributed by atoms with E-state index in [-0.39, 0.29) is 18.5 Å². The van der Waals surface area contributed by atoms with Crippen molar-refractivity contribution < 1.29 is 24.2 Å². The van der Waals surface area contributed by atoms with Gasteiger partial charge in [-0.05, 0) is 32.6 Å². The number of rotatable bonds is 13. The molecule has 25 heavy (non-hydrogen) atoms. The van der Waals surface area contributed by atoms with Crippen LogP contribution in [0.3, 0.4) is 0 Å². The van der Waals surface area contributed by atoms with E-state index in [4.69, 9.17) is 14.6 Å². The van der Waals surface area contributed by atoms with Crippen LogP contribution in [0.2, 0.25) is 0 Å². The van der Waals surface area contributed by atoms with Crippen molar-refractivity contribution in [3.05, 3.63) is 24.3 Å². The quantitative estimate of drug-likeness (QED) is 0.302. The summed E-state index contributed by atoms with van der Waals surface area (Å²) in [5.74, 6) is -0.603. The van der Waals surface area contributed by atoms with E-state index in [0.717, 1.165) is 25.7 Å². The van der Waals surface area contributed by atoms with Gasteiger partial charge in [-0.2, -0.15) is 0 Å². The van der Waals surface area contributed by atoms with Crippen molar-refractivity contribution in [2.45, 2.75) is 72.1 Å². The Morgan fingerprint density at radius 3 is 1.92 bits per heavy atom. The van der Waals surface area contributed by atoms with E-state index < -0.39 is 0 Å². The summed E-state index contributed by atoms with van der Waals surface area (Å²) in [7, 11) is 0. The minimum atomic E-state index is -0.319. The highest BCUT2D eigenvalue weighted by Gasteiger charge is 2.07. The zero-order valence-electron chi connectivity index (χ0n) is 16.3. The molecule has 0 aliphatic carbocycles. The number of aliphatic hydroxyl groups is 1. The fraction of sp³-hybridized carbons (Fsp3) is 0.700. The summed E-state index contributed by atoms with van der Waals surface area (Å²) < 4.78 is 9.83. The van der Waals surface area contributed by atoms with Crippen molar-refractivity contribution in [2.75, 3.05) is 19.8 Å². The molecule has 0 aliphatic rings. The predicted molar refractivity (Wildman–Crippen MR) is 101 cm³/mol. The number of unbranched alkanes of at least 4 members (excludes halogenated alkanes) is 4. The van der Waals surface area contributed by atoms with Gasteiger partial charge in [-0.25, -0.2) is 9.59 Å². The topological polar surface area (TPSA) is 72.8 Å². The van der Waals surface area contributed by atoms with Gasteiger partial charge in [0.25, 0.3) is 0 Å². The second-order valence-corrected chi connectivity index (χ2v) is 5.90. The van der Waals surface area contributed by atoms with Crippen LogP contribution in [0.1, 0.15) is 72.1 Å². The van der Waals surface area contributed by atoms with E-state index in [2.05, 4.69) is 27.0 Å². The van der Waals surface area contributed by atoms with Crippen LogP contribution in [0.5, 0.6) is 0 Å². The SMILES string of the molecule is C=C(C)C(=O)OCCCC.C=C(CCCO)C(=O)OCCCCCC. The second-order valence-electron chi connectivity index (χ2n) is 5.90.